The summed E-state index contributed by atoms with van der Waals surface area (Å²) < 4.78 is 99.1. The fourth-order valence-electron chi connectivity index (χ4n) is 3.40. The third-order valence-corrected chi connectivity index (χ3v) is 6.84. The number of carbonyl (C=O) groups excluding carboxylic acids is 1. The summed E-state index contributed by atoms with van der Waals surface area (Å²) in [5, 5.41) is 3.16. The SMILES string of the molecule is CC(NP(=O)(Oc1c(F)c(F)c(F)c(F)c1F)Oc1cccc2ccccc12)C(=O)OCc1ccccc1. The van der Waals surface area contributed by atoms with Crippen LogP contribution in [-0.4, -0.2) is 12.0 Å². The molecule has 0 amide bonds. The fraction of sp³-hybridized carbons (Fsp3) is 0.115. The Balaban J connectivity index is 1.67. The van der Waals surface area contributed by atoms with Crippen LogP contribution in [-0.2, 0) is 20.7 Å². The first-order valence-electron chi connectivity index (χ1n) is 11.1. The van der Waals surface area contributed by atoms with Crippen molar-refractivity contribution in [3.8, 4) is 11.5 Å². The molecule has 4 rings (SSSR count). The largest absolute Gasteiger partial charge is 0.513 e. The molecule has 0 aliphatic rings. The average Bonchev–Trinajstić information content (AvgIpc) is 2.92. The van der Waals surface area contributed by atoms with Crippen molar-refractivity contribution in [2.75, 3.05) is 0 Å². The van der Waals surface area contributed by atoms with Crippen molar-refractivity contribution >= 4 is 24.5 Å². The van der Waals surface area contributed by atoms with Gasteiger partial charge in [-0.15, -0.1) is 0 Å². The molecule has 0 spiro atoms. The van der Waals surface area contributed by atoms with Crippen molar-refractivity contribution in [1.29, 1.82) is 0 Å². The summed E-state index contributed by atoms with van der Waals surface area (Å²) in [6.07, 6.45) is 0. The summed E-state index contributed by atoms with van der Waals surface area (Å²) in [5.74, 6) is -14.7. The van der Waals surface area contributed by atoms with Gasteiger partial charge >= 0.3 is 13.7 Å². The topological polar surface area (TPSA) is 73.9 Å². The van der Waals surface area contributed by atoms with E-state index >= 15 is 0 Å². The van der Waals surface area contributed by atoms with E-state index in [2.05, 4.69) is 5.09 Å². The minimum absolute atomic E-state index is 0.118. The Morgan fingerprint density at radius 1 is 0.789 bits per heavy atom. The van der Waals surface area contributed by atoms with Crippen LogP contribution < -0.4 is 14.1 Å². The van der Waals surface area contributed by atoms with Crippen molar-refractivity contribution in [3.63, 3.8) is 0 Å². The molecular weight excluding hydrogens is 532 g/mol. The number of nitrogens with one attached hydrogen (secondary N) is 1. The Morgan fingerprint density at radius 3 is 2.05 bits per heavy atom. The van der Waals surface area contributed by atoms with Gasteiger partial charge in [-0.1, -0.05) is 66.7 Å². The van der Waals surface area contributed by atoms with E-state index in [9.17, 15) is 31.3 Å². The van der Waals surface area contributed by atoms with E-state index in [0.29, 0.717) is 16.3 Å². The van der Waals surface area contributed by atoms with Gasteiger partial charge in [0.1, 0.15) is 18.4 Å². The lowest BCUT2D eigenvalue weighted by Gasteiger charge is -2.24. The van der Waals surface area contributed by atoms with E-state index in [-0.39, 0.29) is 12.4 Å². The maximum absolute atomic E-state index is 14.4. The van der Waals surface area contributed by atoms with Crippen LogP contribution in [0.5, 0.6) is 11.5 Å². The van der Waals surface area contributed by atoms with E-state index in [1.165, 1.54) is 19.1 Å². The number of carbonyl (C=O) groups is 1. The quantitative estimate of drug-likeness (QED) is 0.0809. The van der Waals surface area contributed by atoms with Crippen LogP contribution in [0.1, 0.15) is 12.5 Å². The van der Waals surface area contributed by atoms with Gasteiger partial charge in [0.05, 0.1) is 0 Å². The predicted octanol–water partition coefficient (Wildman–Crippen LogP) is 6.82. The van der Waals surface area contributed by atoms with Crippen molar-refractivity contribution in [3.05, 3.63) is 107 Å². The number of esters is 1. The van der Waals surface area contributed by atoms with Gasteiger partial charge in [-0.2, -0.15) is 13.9 Å². The minimum atomic E-state index is -5.07. The zero-order valence-electron chi connectivity index (χ0n) is 19.6. The molecule has 2 atom stereocenters. The minimum Gasteiger partial charge on any atom is -0.460 e. The number of halogens is 5. The molecule has 1 N–H and O–H groups in total. The summed E-state index contributed by atoms with van der Waals surface area (Å²) in [6.45, 7) is 1.03. The van der Waals surface area contributed by atoms with E-state index in [1.54, 1.807) is 60.7 Å². The van der Waals surface area contributed by atoms with E-state index in [0.717, 1.165) is 0 Å². The van der Waals surface area contributed by atoms with Crippen LogP contribution in [0.15, 0.2) is 72.8 Å². The van der Waals surface area contributed by atoms with Crippen molar-refractivity contribution in [2.45, 2.75) is 19.6 Å². The molecule has 0 saturated carbocycles. The number of ether oxygens (including phenoxy) is 1. The first-order chi connectivity index (χ1) is 18.1. The van der Waals surface area contributed by atoms with Gasteiger partial charge in [0.2, 0.25) is 34.8 Å². The molecule has 0 aromatic heterocycles. The van der Waals surface area contributed by atoms with Crippen LogP contribution in [0.4, 0.5) is 22.0 Å². The van der Waals surface area contributed by atoms with Gasteiger partial charge in [0.15, 0.2) is 0 Å². The Labute approximate surface area is 213 Å². The Kier molecular flexibility index (Phi) is 7.99. The first kappa shape index (κ1) is 27.1. The Bertz CT molecular complexity index is 1500. The van der Waals surface area contributed by atoms with Crippen LogP contribution in [0.3, 0.4) is 0 Å². The fourth-order valence-corrected chi connectivity index (χ4v) is 4.95. The second-order valence-corrected chi connectivity index (χ2v) is 9.62. The zero-order valence-corrected chi connectivity index (χ0v) is 20.5. The lowest BCUT2D eigenvalue weighted by molar-refractivity contribution is -0.146. The average molecular weight is 551 g/mol. The van der Waals surface area contributed by atoms with Gasteiger partial charge in [-0.3, -0.25) is 4.79 Å². The summed E-state index contributed by atoms with van der Waals surface area (Å²) in [5.41, 5.74) is 0.640. The van der Waals surface area contributed by atoms with Crippen molar-refractivity contribution in [2.24, 2.45) is 0 Å². The molecule has 6 nitrogen and oxygen atoms in total. The van der Waals surface area contributed by atoms with Gasteiger partial charge in [0.25, 0.3) is 0 Å². The molecule has 4 aromatic carbocycles. The molecule has 198 valence electrons. The molecule has 0 radical (unpaired) electrons. The van der Waals surface area contributed by atoms with Gasteiger partial charge in [-0.25, -0.2) is 17.7 Å². The number of rotatable bonds is 9. The summed E-state index contributed by atoms with van der Waals surface area (Å²) in [7, 11) is -5.07. The molecule has 0 aliphatic carbocycles. The van der Waals surface area contributed by atoms with Crippen LogP contribution >= 0.6 is 7.75 Å². The third kappa shape index (κ3) is 5.79. The van der Waals surface area contributed by atoms with Crippen molar-refractivity contribution < 1.29 is 45.1 Å². The highest BCUT2D eigenvalue weighted by Gasteiger charge is 2.38. The Hall–Kier alpha value is -3.95. The Morgan fingerprint density at radius 2 is 1.37 bits per heavy atom. The number of hydrogen-bond acceptors (Lipinski definition) is 5. The smallest absolute Gasteiger partial charge is 0.460 e. The summed E-state index contributed by atoms with van der Waals surface area (Å²) >= 11 is 0. The molecule has 4 aromatic rings. The maximum Gasteiger partial charge on any atom is 0.513 e. The van der Waals surface area contributed by atoms with Gasteiger partial charge in [0, 0.05) is 5.39 Å². The monoisotopic (exact) mass is 551 g/mol. The highest BCUT2D eigenvalue weighted by molar-refractivity contribution is 7.52. The number of benzene rings is 4. The standard InChI is InChI=1S/C26H19F5NO5P/c1-15(26(33)35-14-16-8-3-2-4-9-16)32-38(34,36-19-13-7-11-17-10-5-6-12-18(17)19)37-25-23(30)21(28)20(27)22(29)24(25)31/h2-13,15H,14H2,1H3,(H,32,34). The molecule has 12 heteroatoms. The second kappa shape index (κ2) is 11.2. The van der Waals surface area contributed by atoms with Crippen LogP contribution in [0.2, 0.25) is 0 Å². The number of fused-ring (bicyclic) bond motifs is 1. The molecule has 2 unspecified atom stereocenters. The third-order valence-electron chi connectivity index (χ3n) is 5.28. The van der Waals surface area contributed by atoms with Crippen LogP contribution in [0.25, 0.3) is 10.8 Å². The highest BCUT2D eigenvalue weighted by atomic mass is 31.2. The zero-order chi connectivity index (χ0) is 27.4. The molecule has 38 heavy (non-hydrogen) atoms. The summed E-state index contributed by atoms with van der Waals surface area (Å²) in [4.78, 5) is 12.6. The molecular formula is C26H19F5NO5P. The van der Waals surface area contributed by atoms with Gasteiger partial charge < -0.3 is 13.8 Å². The molecule has 0 aliphatic heterocycles. The normalized spacial score (nSPS) is 13.5. The van der Waals surface area contributed by atoms with Crippen molar-refractivity contribution in [1.82, 2.24) is 5.09 Å². The number of hydrogen-bond donors (Lipinski definition) is 1. The molecule has 0 fully saturated rings. The van der Waals surface area contributed by atoms with E-state index in [1.807, 2.05) is 0 Å². The highest BCUT2D eigenvalue weighted by Crippen LogP contribution is 2.49. The first-order valence-corrected chi connectivity index (χ1v) is 12.6. The van der Waals surface area contributed by atoms with Crippen LogP contribution in [0, 0.1) is 29.1 Å². The maximum atomic E-state index is 14.4. The lowest BCUT2D eigenvalue weighted by Crippen LogP contribution is -2.36. The predicted molar refractivity (Wildman–Crippen MR) is 128 cm³/mol. The second-order valence-electron chi connectivity index (χ2n) is 8.00. The molecule has 0 bridgehead atoms. The lowest BCUT2D eigenvalue weighted by atomic mass is 10.1. The molecule has 0 saturated heterocycles. The van der Waals surface area contributed by atoms with E-state index < -0.39 is 54.6 Å². The van der Waals surface area contributed by atoms with E-state index in [4.69, 9.17) is 13.8 Å². The summed E-state index contributed by atoms with van der Waals surface area (Å²) in [6, 6.07) is 18.2. The molecule has 0 heterocycles. The van der Waals surface area contributed by atoms with Gasteiger partial charge in [-0.05, 0) is 23.9 Å².